The van der Waals surface area contributed by atoms with Gasteiger partial charge in [-0.3, -0.25) is 9.78 Å². The molecule has 0 radical (unpaired) electrons. The van der Waals surface area contributed by atoms with Gasteiger partial charge in [-0.05, 0) is 18.6 Å². The monoisotopic (exact) mass is 220 g/mol. The number of nitrogens with zero attached hydrogens (tertiary/aromatic N) is 2. The molecule has 1 aliphatic rings. The van der Waals surface area contributed by atoms with E-state index in [0.717, 1.165) is 5.69 Å². The number of aliphatic hydroxyl groups is 1. The van der Waals surface area contributed by atoms with Crippen LogP contribution in [-0.4, -0.2) is 40.6 Å². The summed E-state index contributed by atoms with van der Waals surface area (Å²) in [6.07, 6.45) is 2.94. The van der Waals surface area contributed by atoms with Crippen LogP contribution in [0.1, 0.15) is 12.1 Å². The Kier molecular flexibility index (Phi) is 3.51. The number of hydrogen-bond donors (Lipinski definition) is 1. The van der Waals surface area contributed by atoms with E-state index in [9.17, 15) is 4.79 Å². The third-order valence-corrected chi connectivity index (χ3v) is 2.89. The molecule has 0 aromatic carbocycles. The Labute approximate surface area is 94.9 Å². The maximum Gasteiger partial charge on any atom is 0.222 e. The van der Waals surface area contributed by atoms with Gasteiger partial charge in [0, 0.05) is 43.9 Å². The smallest absolute Gasteiger partial charge is 0.222 e. The minimum atomic E-state index is 0.162. The van der Waals surface area contributed by atoms with Gasteiger partial charge in [-0.1, -0.05) is 6.07 Å². The van der Waals surface area contributed by atoms with Crippen molar-refractivity contribution in [1.29, 1.82) is 0 Å². The van der Waals surface area contributed by atoms with Crippen molar-refractivity contribution >= 4 is 5.91 Å². The molecule has 1 N–H and O–H groups in total. The summed E-state index contributed by atoms with van der Waals surface area (Å²) in [5, 5.41) is 8.85. The van der Waals surface area contributed by atoms with Crippen LogP contribution >= 0.6 is 0 Å². The van der Waals surface area contributed by atoms with Gasteiger partial charge in [-0.25, -0.2) is 0 Å². The molecule has 0 saturated carbocycles. The lowest BCUT2D eigenvalue weighted by Gasteiger charge is -2.38. The molecule has 2 rings (SSSR count). The van der Waals surface area contributed by atoms with Crippen LogP contribution in [0.15, 0.2) is 24.4 Å². The Morgan fingerprint density at radius 3 is 2.94 bits per heavy atom. The molecule has 1 fully saturated rings. The third kappa shape index (κ3) is 2.58. The molecule has 0 bridgehead atoms. The predicted octanol–water partition coefficient (Wildman–Crippen LogP) is 0.465. The van der Waals surface area contributed by atoms with Crippen molar-refractivity contribution in [2.24, 2.45) is 5.92 Å². The van der Waals surface area contributed by atoms with Crippen LogP contribution < -0.4 is 0 Å². The SMILES string of the molecule is O=C(CCc1ccccn1)N1CC(CO)C1. The second kappa shape index (κ2) is 5.07. The molecule has 1 saturated heterocycles. The molecule has 1 aliphatic heterocycles. The third-order valence-electron chi connectivity index (χ3n) is 2.89. The van der Waals surface area contributed by atoms with Crippen molar-refractivity contribution in [2.45, 2.75) is 12.8 Å². The summed E-state index contributed by atoms with van der Waals surface area (Å²) in [7, 11) is 0. The zero-order valence-electron chi connectivity index (χ0n) is 9.17. The van der Waals surface area contributed by atoms with E-state index in [1.807, 2.05) is 18.2 Å². The Morgan fingerprint density at radius 2 is 2.31 bits per heavy atom. The predicted molar refractivity (Wildman–Crippen MR) is 59.7 cm³/mol. The van der Waals surface area contributed by atoms with Crippen LogP contribution in [0.2, 0.25) is 0 Å². The highest BCUT2D eigenvalue weighted by Crippen LogP contribution is 2.16. The van der Waals surface area contributed by atoms with E-state index in [2.05, 4.69) is 4.98 Å². The van der Waals surface area contributed by atoms with E-state index in [-0.39, 0.29) is 12.5 Å². The summed E-state index contributed by atoms with van der Waals surface area (Å²) in [5.41, 5.74) is 0.954. The maximum atomic E-state index is 11.7. The summed E-state index contributed by atoms with van der Waals surface area (Å²) in [5.74, 6) is 0.453. The molecular formula is C12H16N2O2. The second-order valence-electron chi connectivity index (χ2n) is 4.17. The number of amides is 1. The molecule has 0 atom stereocenters. The van der Waals surface area contributed by atoms with Gasteiger partial charge >= 0.3 is 0 Å². The van der Waals surface area contributed by atoms with Crippen molar-refractivity contribution in [1.82, 2.24) is 9.88 Å². The number of likely N-dealkylation sites (tertiary alicyclic amines) is 1. The summed E-state index contributed by atoms with van der Waals surface area (Å²) >= 11 is 0. The van der Waals surface area contributed by atoms with Gasteiger partial charge in [-0.15, -0.1) is 0 Å². The summed E-state index contributed by atoms with van der Waals surface area (Å²) in [6, 6.07) is 5.73. The van der Waals surface area contributed by atoms with Gasteiger partial charge in [0.2, 0.25) is 5.91 Å². The Hall–Kier alpha value is -1.42. The molecule has 0 unspecified atom stereocenters. The minimum Gasteiger partial charge on any atom is -0.396 e. The Bertz CT molecular complexity index is 347. The molecule has 1 amide bonds. The fourth-order valence-electron chi connectivity index (χ4n) is 1.83. The first-order chi connectivity index (χ1) is 7.79. The Morgan fingerprint density at radius 1 is 1.50 bits per heavy atom. The molecule has 1 aromatic rings. The van der Waals surface area contributed by atoms with Crippen LogP contribution in [0.25, 0.3) is 0 Å². The van der Waals surface area contributed by atoms with Gasteiger partial charge < -0.3 is 10.0 Å². The van der Waals surface area contributed by atoms with Crippen molar-refractivity contribution < 1.29 is 9.90 Å². The fraction of sp³-hybridized carbons (Fsp3) is 0.500. The molecule has 86 valence electrons. The van der Waals surface area contributed by atoms with Crippen molar-refractivity contribution in [3.63, 3.8) is 0 Å². The minimum absolute atomic E-state index is 0.162. The van der Waals surface area contributed by atoms with E-state index in [1.165, 1.54) is 0 Å². The number of carbonyl (C=O) groups is 1. The molecule has 4 heteroatoms. The quantitative estimate of drug-likeness (QED) is 0.802. The fourth-order valence-corrected chi connectivity index (χ4v) is 1.83. The van der Waals surface area contributed by atoms with Crippen LogP contribution in [0, 0.1) is 5.92 Å². The van der Waals surface area contributed by atoms with Crippen LogP contribution in [0.5, 0.6) is 0 Å². The zero-order chi connectivity index (χ0) is 11.4. The van der Waals surface area contributed by atoms with E-state index in [1.54, 1.807) is 11.1 Å². The van der Waals surface area contributed by atoms with Crippen molar-refractivity contribution in [2.75, 3.05) is 19.7 Å². The molecule has 16 heavy (non-hydrogen) atoms. The molecule has 1 aromatic heterocycles. The second-order valence-corrected chi connectivity index (χ2v) is 4.17. The first-order valence-corrected chi connectivity index (χ1v) is 5.58. The number of aromatic nitrogens is 1. The normalized spacial score (nSPS) is 15.9. The van der Waals surface area contributed by atoms with Crippen molar-refractivity contribution in [3.05, 3.63) is 30.1 Å². The number of pyridine rings is 1. The highest BCUT2D eigenvalue weighted by molar-refractivity contribution is 5.77. The number of rotatable bonds is 4. The molecule has 2 heterocycles. The van der Waals surface area contributed by atoms with E-state index in [0.29, 0.717) is 31.8 Å². The number of aryl methyl sites for hydroxylation is 1. The van der Waals surface area contributed by atoms with Crippen LogP contribution in [0.3, 0.4) is 0 Å². The standard InChI is InChI=1S/C12H16N2O2/c15-9-10-7-14(8-10)12(16)5-4-11-3-1-2-6-13-11/h1-3,6,10,15H,4-5,7-9H2. The first-order valence-electron chi connectivity index (χ1n) is 5.58. The number of hydrogen-bond acceptors (Lipinski definition) is 3. The largest absolute Gasteiger partial charge is 0.396 e. The lowest BCUT2D eigenvalue weighted by molar-refractivity contribution is -0.138. The van der Waals surface area contributed by atoms with E-state index in [4.69, 9.17) is 5.11 Å². The van der Waals surface area contributed by atoms with Gasteiger partial charge in [0.15, 0.2) is 0 Å². The average molecular weight is 220 g/mol. The molecule has 0 aliphatic carbocycles. The highest BCUT2D eigenvalue weighted by atomic mass is 16.3. The first kappa shape index (κ1) is 11.1. The maximum absolute atomic E-state index is 11.7. The van der Waals surface area contributed by atoms with Gasteiger partial charge in [0.1, 0.15) is 0 Å². The topological polar surface area (TPSA) is 53.4 Å². The summed E-state index contributed by atoms with van der Waals surface area (Å²) in [6.45, 7) is 1.60. The number of carbonyl (C=O) groups excluding carboxylic acids is 1. The van der Waals surface area contributed by atoms with E-state index < -0.39 is 0 Å². The molecule has 4 nitrogen and oxygen atoms in total. The van der Waals surface area contributed by atoms with Gasteiger partial charge in [-0.2, -0.15) is 0 Å². The molecule has 0 spiro atoms. The van der Waals surface area contributed by atoms with E-state index >= 15 is 0 Å². The van der Waals surface area contributed by atoms with Gasteiger partial charge in [0.05, 0.1) is 0 Å². The van der Waals surface area contributed by atoms with Gasteiger partial charge in [0.25, 0.3) is 0 Å². The van der Waals surface area contributed by atoms with Crippen LogP contribution in [0.4, 0.5) is 0 Å². The lowest BCUT2D eigenvalue weighted by atomic mass is 10.0. The zero-order valence-corrected chi connectivity index (χ0v) is 9.17. The van der Waals surface area contributed by atoms with Crippen LogP contribution in [-0.2, 0) is 11.2 Å². The Balaban J connectivity index is 1.73. The lowest BCUT2D eigenvalue weighted by Crippen LogP contribution is -2.51. The summed E-state index contributed by atoms with van der Waals surface area (Å²) in [4.78, 5) is 17.6. The number of aliphatic hydroxyl groups excluding tert-OH is 1. The highest BCUT2D eigenvalue weighted by Gasteiger charge is 2.29. The van der Waals surface area contributed by atoms with Crippen molar-refractivity contribution in [3.8, 4) is 0 Å². The average Bonchev–Trinajstić information content (AvgIpc) is 2.26. The summed E-state index contributed by atoms with van der Waals surface area (Å²) < 4.78 is 0. The molecular weight excluding hydrogens is 204 g/mol.